The summed E-state index contributed by atoms with van der Waals surface area (Å²) >= 11 is 0. The van der Waals surface area contributed by atoms with Crippen molar-refractivity contribution in [1.82, 2.24) is 0 Å². The van der Waals surface area contributed by atoms with Crippen molar-refractivity contribution >= 4 is 5.69 Å². The molecule has 4 heteroatoms. The largest absolute Gasteiger partial charge is 0.368 e. The average Bonchev–Trinajstić information content (AvgIpc) is 2.46. The molecule has 0 bridgehead atoms. The van der Waals surface area contributed by atoms with Crippen molar-refractivity contribution in [2.75, 3.05) is 11.9 Å². The van der Waals surface area contributed by atoms with E-state index in [1.807, 2.05) is 43.1 Å². The number of hydrogen-bond donors (Lipinski definition) is 1. The first-order valence-corrected chi connectivity index (χ1v) is 6.77. The number of para-hydroxylation sites is 1. The molecule has 0 spiro atoms. The van der Waals surface area contributed by atoms with Gasteiger partial charge in [0.05, 0.1) is 17.3 Å². The third-order valence-corrected chi connectivity index (χ3v) is 3.37. The number of hydrogen-bond acceptors (Lipinski definition) is 3. The van der Waals surface area contributed by atoms with Crippen LogP contribution in [-0.4, -0.2) is 7.05 Å². The molecule has 2 aromatic rings. The van der Waals surface area contributed by atoms with Crippen LogP contribution in [0.3, 0.4) is 0 Å². The SMILES string of the molecule is C[C@@H](N)c1cccc(F)c1N(C)Cc1cccc(C#N)c1. The third kappa shape index (κ3) is 3.39. The van der Waals surface area contributed by atoms with E-state index in [0.29, 0.717) is 17.8 Å². The Kier molecular flexibility index (Phi) is 4.56. The Bertz CT molecular complexity index is 674. The lowest BCUT2D eigenvalue weighted by molar-refractivity contribution is 0.616. The number of anilines is 1. The van der Waals surface area contributed by atoms with Crippen LogP contribution in [0.4, 0.5) is 10.1 Å². The second kappa shape index (κ2) is 6.38. The molecule has 0 aromatic heterocycles. The number of nitrogens with two attached hydrogens (primary N) is 1. The molecular formula is C17H18FN3. The molecule has 0 heterocycles. The number of nitriles is 1. The minimum absolute atomic E-state index is 0.247. The normalized spacial score (nSPS) is 11.8. The van der Waals surface area contributed by atoms with Gasteiger partial charge in [-0.15, -0.1) is 0 Å². The van der Waals surface area contributed by atoms with Crippen molar-refractivity contribution in [3.05, 3.63) is 65.0 Å². The van der Waals surface area contributed by atoms with E-state index in [-0.39, 0.29) is 11.9 Å². The molecule has 2 rings (SSSR count). The van der Waals surface area contributed by atoms with Gasteiger partial charge in [0.25, 0.3) is 0 Å². The summed E-state index contributed by atoms with van der Waals surface area (Å²) in [5.74, 6) is -0.288. The zero-order valence-corrected chi connectivity index (χ0v) is 12.2. The number of halogens is 1. The van der Waals surface area contributed by atoms with Crippen molar-refractivity contribution in [2.24, 2.45) is 5.73 Å². The molecular weight excluding hydrogens is 265 g/mol. The van der Waals surface area contributed by atoms with E-state index in [1.165, 1.54) is 6.07 Å². The summed E-state index contributed by atoms with van der Waals surface area (Å²) in [5, 5.41) is 8.93. The third-order valence-electron chi connectivity index (χ3n) is 3.37. The van der Waals surface area contributed by atoms with Crippen molar-refractivity contribution in [1.29, 1.82) is 5.26 Å². The molecule has 0 aliphatic carbocycles. The van der Waals surface area contributed by atoms with E-state index >= 15 is 0 Å². The predicted molar refractivity (Wildman–Crippen MR) is 82.3 cm³/mol. The summed E-state index contributed by atoms with van der Waals surface area (Å²) in [7, 11) is 1.82. The fourth-order valence-corrected chi connectivity index (χ4v) is 2.39. The molecule has 0 saturated carbocycles. The fraction of sp³-hybridized carbons (Fsp3) is 0.235. The van der Waals surface area contributed by atoms with Gasteiger partial charge >= 0.3 is 0 Å². The fourth-order valence-electron chi connectivity index (χ4n) is 2.39. The van der Waals surface area contributed by atoms with Gasteiger partial charge in [-0.05, 0) is 36.2 Å². The summed E-state index contributed by atoms with van der Waals surface area (Å²) in [4.78, 5) is 1.82. The molecule has 0 fully saturated rings. The van der Waals surface area contributed by atoms with E-state index in [4.69, 9.17) is 11.0 Å². The molecule has 0 unspecified atom stereocenters. The number of nitrogens with zero attached hydrogens (tertiary/aromatic N) is 2. The first kappa shape index (κ1) is 15.0. The maximum atomic E-state index is 14.2. The van der Waals surface area contributed by atoms with Gasteiger partial charge in [-0.1, -0.05) is 24.3 Å². The highest BCUT2D eigenvalue weighted by molar-refractivity contribution is 5.56. The van der Waals surface area contributed by atoms with Crippen molar-refractivity contribution in [2.45, 2.75) is 19.5 Å². The standard InChI is InChI=1S/C17H18FN3/c1-12(20)15-7-4-8-16(18)17(15)21(2)11-14-6-3-5-13(9-14)10-19/h3-9,12H,11,20H2,1-2H3/t12-/m1/s1. The Morgan fingerprint density at radius 2 is 2.00 bits per heavy atom. The van der Waals surface area contributed by atoms with Gasteiger partial charge in [0.1, 0.15) is 5.82 Å². The van der Waals surface area contributed by atoms with Gasteiger partial charge in [0.15, 0.2) is 0 Å². The Hall–Kier alpha value is -2.38. The molecule has 108 valence electrons. The van der Waals surface area contributed by atoms with Crippen LogP contribution >= 0.6 is 0 Å². The smallest absolute Gasteiger partial charge is 0.146 e. The highest BCUT2D eigenvalue weighted by atomic mass is 19.1. The molecule has 0 saturated heterocycles. The summed E-state index contributed by atoms with van der Waals surface area (Å²) < 4.78 is 14.2. The molecule has 3 nitrogen and oxygen atoms in total. The lowest BCUT2D eigenvalue weighted by Crippen LogP contribution is -2.21. The predicted octanol–water partition coefficient (Wildman–Crippen LogP) is 3.35. The molecule has 21 heavy (non-hydrogen) atoms. The maximum absolute atomic E-state index is 14.2. The summed E-state index contributed by atoms with van der Waals surface area (Å²) in [5.41, 5.74) is 8.76. The quantitative estimate of drug-likeness (QED) is 0.936. The minimum Gasteiger partial charge on any atom is -0.368 e. The van der Waals surface area contributed by atoms with Crippen LogP contribution in [0.5, 0.6) is 0 Å². The van der Waals surface area contributed by atoms with Crippen LogP contribution in [-0.2, 0) is 6.54 Å². The van der Waals surface area contributed by atoms with Gasteiger partial charge in [0, 0.05) is 19.6 Å². The van der Waals surface area contributed by atoms with Crippen LogP contribution in [0.1, 0.15) is 29.7 Å². The first-order chi connectivity index (χ1) is 10.0. The highest BCUT2D eigenvalue weighted by Crippen LogP contribution is 2.28. The van der Waals surface area contributed by atoms with Crippen LogP contribution in [0.25, 0.3) is 0 Å². The van der Waals surface area contributed by atoms with Gasteiger partial charge in [0.2, 0.25) is 0 Å². The molecule has 1 atom stereocenters. The molecule has 2 N–H and O–H groups in total. The number of benzene rings is 2. The van der Waals surface area contributed by atoms with Gasteiger partial charge in [-0.2, -0.15) is 5.26 Å². The zero-order valence-electron chi connectivity index (χ0n) is 12.2. The molecule has 2 aromatic carbocycles. The first-order valence-electron chi connectivity index (χ1n) is 6.77. The summed E-state index contributed by atoms with van der Waals surface area (Å²) in [6, 6.07) is 14.1. The molecule has 0 radical (unpaired) electrons. The van der Waals surface area contributed by atoms with Crippen LogP contribution in [0, 0.1) is 17.1 Å². The Balaban J connectivity index is 2.32. The number of rotatable bonds is 4. The molecule has 0 aliphatic rings. The second-order valence-corrected chi connectivity index (χ2v) is 5.13. The highest BCUT2D eigenvalue weighted by Gasteiger charge is 2.15. The van der Waals surface area contributed by atoms with Gasteiger partial charge < -0.3 is 10.6 Å². The van der Waals surface area contributed by atoms with E-state index in [2.05, 4.69) is 6.07 Å². The Labute approximate surface area is 124 Å². The Morgan fingerprint density at radius 1 is 1.29 bits per heavy atom. The zero-order chi connectivity index (χ0) is 15.4. The lowest BCUT2D eigenvalue weighted by atomic mass is 10.0. The summed E-state index contributed by atoms with van der Waals surface area (Å²) in [6.07, 6.45) is 0. The van der Waals surface area contributed by atoms with Crippen LogP contribution < -0.4 is 10.6 Å². The molecule has 0 amide bonds. The monoisotopic (exact) mass is 283 g/mol. The van der Waals surface area contributed by atoms with Gasteiger partial charge in [-0.3, -0.25) is 0 Å². The van der Waals surface area contributed by atoms with Crippen molar-refractivity contribution in [3.63, 3.8) is 0 Å². The topological polar surface area (TPSA) is 53.0 Å². The average molecular weight is 283 g/mol. The van der Waals surface area contributed by atoms with Crippen LogP contribution in [0.2, 0.25) is 0 Å². The van der Waals surface area contributed by atoms with E-state index in [0.717, 1.165) is 11.1 Å². The Morgan fingerprint density at radius 3 is 2.67 bits per heavy atom. The maximum Gasteiger partial charge on any atom is 0.146 e. The van der Waals surface area contributed by atoms with Crippen molar-refractivity contribution < 1.29 is 4.39 Å². The lowest BCUT2D eigenvalue weighted by Gasteiger charge is -2.24. The van der Waals surface area contributed by atoms with E-state index < -0.39 is 0 Å². The second-order valence-electron chi connectivity index (χ2n) is 5.13. The van der Waals surface area contributed by atoms with E-state index in [1.54, 1.807) is 12.1 Å². The van der Waals surface area contributed by atoms with Crippen LogP contribution in [0.15, 0.2) is 42.5 Å². The summed E-state index contributed by atoms with van der Waals surface area (Å²) in [6.45, 7) is 2.35. The van der Waals surface area contributed by atoms with E-state index in [9.17, 15) is 4.39 Å². The van der Waals surface area contributed by atoms with Crippen molar-refractivity contribution in [3.8, 4) is 6.07 Å². The molecule has 0 aliphatic heterocycles. The minimum atomic E-state index is -0.288. The van der Waals surface area contributed by atoms with Gasteiger partial charge in [-0.25, -0.2) is 4.39 Å².